The molecule has 0 saturated heterocycles. The van der Waals surface area contributed by atoms with Gasteiger partial charge in [-0.2, -0.15) is 11.8 Å². The second-order valence-corrected chi connectivity index (χ2v) is 5.81. The number of thioether (sulfide) groups is 1. The predicted molar refractivity (Wildman–Crippen MR) is 73.5 cm³/mol. The van der Waals surface area contributed by atoms with Gasteiger partial charge in [-0.25, -0.2) is 0 Å². The third kappa shape index (κ3) is 4.16. The zero-order chi connectivity index (χ0) is 12.0. The molecule has 0 bridgehead atoms. The van der Waals surface area contributed by atoms with Crippen molar-refractivity contribution in [3.8, 4) is 0 Å². The van der Waals surface area contributed by atoms with Gasteiger partial charge in [0.15, 0.2) is 0 Å². The van der Waals surface area contributed by atoms with Crippen LogP contribution < -0.4 is 11.3 Å². The van der Waals surface area contributed by atoms with E-state index < -0.39 is 0 Å². The van der Waals surface area contributed by atoms with Crippen LogP contribution in [-0.4, -0.2) is 11.0 Å². The van der Waals surface area contributed by atoms with Gasteiger partial charge < -0.3 is 0 Å². The van der Waals surface area contributed by atoms with Gasteiger partial charge in [0.25, 0.3) is 0 Å². The first-order valence-electron chi connectivity index (χ1n) is 5.84. The number of nitrogens with two attached hydrogens (primary N) is 1. The van der Waals surface area contributed by atoms with Crippen LogP contribution in [0.5, 0.6) is 0 Å². The lowest BCUT2D eigenvalue weighted by Crippen LogP contribution is -2.30. The van der Waals surface area contributed by atoms with E-state index in [4.69, 9.17) is 5.84 Å². The van der Waals surface area contributed by atoms with Gasteiger partial charge in [-0.15, -0.1) is 0 Å². The highest BCUT2D eigenvalue weighted by Gasteiger charge is 2.10. The number of rotatable bonds is 6. The molecule has 0 aromatic heterocycles. The Balaban J connectivity index is 2.63. The Bertz CT molecular complexity index is 295. The summed E-state index contributed by atoms with van der Waals surface area (Å²) in [4.78, 5) is 0. The topological polar surface area (TPSA) is 38.0 Å². The van der Waals surface area contributed by atoms with Gasteiger partial charge in [0, 0.05) is 5.75 Å². The van der Waals surface area contributed by atoms with Crippen LogP contribution in [0, 0.1) is 0 Å². The van der Waals surface area contributed by atoms with E-state index in [1.165, 1.54) is 11.1 Å². The van der Waals surface area contributed by atoms with Crippen LogP contribution in [-0.2, 0) is 6.42 Å². The fourth-order valence-electron chi connectivity index (χ4n) is 1.51. The van der Waals surface area contributed by atoms with E-state index in [1.807, 2.05) is 11.8 Å². The minimum Gasteiger partial charge on any atom is -0.271 e. The first-order chi connectivity index (χ1) is 7.67. The molecule has 0 amide bonds. The fourth-order valence-corrected chi connectivity index (χ4v) is 2.38. The molecule has 3 heteroatoms. The third-order valence-corrected chi connectivity index (χ3v) is 3.78. The van der Waals surface area contributed by atoms with Gasteiger partial charge >= 0.3 is 0 Å². The van der Waals surface area contributed by atoms with Crippen molar-refractivity contribution in [1.29, 1.82) is 0 Å². The first-order valence-corrected chi connectivity index (χ1v) is 6.88. The van der Waals surface area contributed by atoms with Gasteiger partial charge in [-0.1, -0.05) is 45.0 Å². The maximum absolute atomic E-state index is 5.60. The number of hydrogen-bond acceptors (Lipinski definition) is 3. The van der Waals surface area contributed by atoms with E-state index in [0.29, 0.717) is 5.25 Å². The van der Waals surface area contributed by atoms with E-state index in [1.54, 1.807) is 0 Å². The van der Waals surface area contributed by atoms with Crippen molar-refractivity contribution in [3.05, 3.63) is 35.4 Å². The molecule has 2 nitrogen and oxygen atoms in total. The largest absolute Gasteiger partial charge is 0.271 e. The SMILES string of the molecule is CCc1ccc(C(CSC(C)C)NN)cc1. The summed E-state index contributed by atoms with van der Waals surface area (Å²) in [6, 6.07) is 8.95. The van der Waals surface area contributed by atoms with Crippen molar-refractivity contribution < 1.29 is 0 Å². The lowest BCUT2D eigenvalue weighted by molar-refractivity contribution is 0.610. The van der Waals surface area contributed by atoms with Crippen LogP contribution in [0.2, 0.25) is 0 Å². The average molecular weight is 238 g/mol. The van der Waals surface area contributed by atoms with Crippen molar-refractivity contribution >= 4 is 11.8 Å². The quantitative estimate of drug-likeness (QED) is 0.591. The van der Waals surface area contributed by atoms with Gasteiger partial charge in [-0.3, -0.25) is 11.3 Å². The molecule has 0 heterocycles. The number of aryl methyl sites for hydroxylation is 1. The van der Waals surface area contributed by atoms with Gasteiger partial charge in [0.1, 0.15) is 0 Å². The molecule has 0 aliphatic rings. The highest BCUT2D eigenvalue weighted by Crippen LogP contribution is 2.21. The molecule has 16 heavy (non-hydrogen) atoms. The molecule has 0 saturated carbocycles. The van der Waals surface area contributed by atoms with Crippen LogP contribution in [0.3, 0.4) is 0 Å². The number of nitrogens with one attached hydrogen (secondary N) is 1. The summed E-state index contributed by atoms with van der Waals surface area (Å²) in [5.74, 6) is 6.61. The van der Waals surface area contributed by atoms with E-state index in [-0.39, 0.29) is 6.04 Å². The van der Waals surface area contributed by atoms with E-state index in [2.05, 4.69) is 50.5 Å². The lowest BCUT2D eigenvalue weighted by atomic mass is 10.1. The normalized spacial score (nSPS) is 13.1. The molecule has 0 aliphatic heterocycles. The second kappa shape index (κ2) is 6.94. The van der Waals surface area contributed by atoms with Crippen LogP contribution >= 0.6 is 11.8 Å². The Morgan fingerprint density at radius 3 is 2.31 bits per heavy atom. The first kappa shape index (κ1) is 13.6. The molecule has 1 aromatic carbocycles. The molecule has 1 aromatic rings. The molecule has 1 unspecified atom stereocenters. The fraction of sp³-hybridized carbons (Fsp3) is 0.538. The molecule has 0 spiro atoms. The molecule has 0 radical (unpaired) electrons. The highest BCUT2D eigenvalue weighted by molar-refractivity contribution is 7.99. The number of hydrogen-bond donors (Lipinski definition) is 2. The Kier molecular flexibility index (Phi) is 5.88. The van der Waals surface area contributed by atoms with E-state index in [0.717, 1.165) is 12.2 Å². The van der Waals surface area contributed by atoms with Crippen molar-refractivity contribution in [2.75, 3.05) is 5.75 Å². The zero-order valence-corrected chi connectivity index (χ0v) is 11.2. The smallest absolute Gasteiger partial charge is 0.0550 e. The second-order valence-electron chi connectivity index (χ2n) is 4.20. The molecule has 1 atom stereocenters. The molecule has 0 fully saturated rings. The van der Waals surface area contributed by atoms with Crippen LogP contribution in [0.4, 0.5) is 0 Å². The maximum atomic E-state index is 5.60. The zero-order valence-electron chi connectivity index (χ0n) is 10.4. The van der Waals surface area contributed by atoms with Gasteiger partial charge in [-0.05, 0) is 22.8 Å². The van der Waals surface area contributed by atoms with Crippen molar-refractivity contribution in [1.82, 2.24) is 5.43 Å². The summed E-state index contributed by atoms with van der Waals surface area (Å²) < 4.78 is 0. The van der Waals surface area contributed by atoms with Crippen LogP contribution in [0.1, 0.15) is 37.9 Å². The minimum atomic E-state index is 0.248. The summed E-state index contributed by atoms with van der Waals surface area (Å²) in [6.45, 7) is 6.58. The van der Waals surface area contributed by atoms with E-state index in [9.17, 15) is 0 Å². The van der Waals surface area contributed by atoms with Crippen molar-refractivity contribution in [3.63, 3.8) is 0 Å². The highest BCUT2D eigenvalue weighted by atomic mass is 32.2. The van der Waals surface area contributed by atoms with E-state index >= 15 is 0 Å². The lowest BCUT2D eigenvalue weighted by Gasteiger charge is -2.17. The molecular weight excluding hydrogens is 216 g/mol. The number of hydrazine groups is 1. The molecule has 90 valence electrons. The standard InChI is InChI=1S/C13H22N2S/c1-4-11-5-7-12(8-6-11)13(15-14)9-16-10(2)3/h5-8,10,13,15H,4,9,14H2,1-3H3. The summed E-state index contributed by atoms with van der Waals surface area (Å²) >= 11 is 1.93. The van der Waals surface area contributed by atoms with Crippen LogP contribution in [0.25, 0.3) is 0 Å². The summed E-state index contributed by atoms with van der Waals surface area (Å²) in [7, 11) is 0. The predicted octanol–water partition coefficient (Wildman–Crippen LogP) is 2.90. The summed E-state index contributed by atoms with van der Waals surface area (Å²) in [5, 5.41) is 0.644. The Hall–Kier alpha value is -0.510. The Labute approximate surface area is 103 Å². The Morgan fingerprint density at radius 1 is 1.25 bits per heavy atom. The molecular formula is C13H22N2S. The monoisotopic (exact) mass is 238 g/mol. The summed E-state index contributed by atoms with van der Waals surface area (Å²) in [5.41, 5.74) is 5.53. The van der Waals surface area contributed by atoms with Gasteiger partial charge in [0.2, 0.25) is 0 Å². The Morgan fingerprint density at radius 2 is 1.88 bits per heavy atom. The number of benzene rings is 1. The van der Waals surface area contributed by atoms with Gasteiger partial charge in [0.05, 0.1) is 6.04 Å². The third-order valence-electron chi connectivity index (χ3n) is 2.59. The van der Waals surface area contributed by atoms with Crippen molar-refractivity contribution in [2.24, 2.45) is 5.84 Å². The summed E-state index contributed by atoms with van der Waals surface area (Å²) in [6.07, 6.45) is 1.09. The maximum Gasteiger partial charge on any atom is 0.0550 e. The average Bonchev–Trinajstić information content (AvgIpc) is 2.30. The van der Waals surface area contributed by atoms with Crippen LogP contribution in [0.15, 0.2) is 24.3 Å². The molecule has 0 aliphatic carbocycles. The molecule has 3 N–H and O–H groups in total. The molecule has 1 rings (SSSR count). The minimum absolute atomic E-state index is 0.248. The van der Waals surface area contributed by atoms with Crippen molar-refractivity contribution in [2.45, 2.75) is 38.5 Å².